The molecule has 4 heteroatoms. The third-order valence-electron chi connectivity index (χ3n) is 4.07. The molecule has 1 aromatic carbocycles. The zero-order valence-corrected chi connectivity index (χ0v) is 13.9. The molecule has 0 bridgehead atoms. The molecule has 0 radical (unpaired) electrons. The average Bonchev–Trinajstić information content (AvgIpc) is 2.91. The van der Waals surface area contributed by atoms with Gasteiger partial charge in [-0.15, -0.1) is 6.58 Å². The maximum Gasteiger partial charge on any atom is 0.302 e. The van der Waals surface area contributed by atoms with Gasteiger partial charge in [0.15, 0.2) is 0 Å². The number of rotatable bonds is 8. The number of ether oxygens (including phenoxy) is 3. The van der Waals surface area contributed by atoms with E-state index in [2.05, 4.69) is 13.5 Å². The molecule has 0 unspecified atom stereocenters. The number of carbonyl (C=O) groups is 1. The first-order chi connectivity index (χ1) is 11.1. The summed E-state index contributed by atoms with van der Waals surface area (Å²) in [7, 11) is 0. The second-order valence-electron chi connectivity index (χ2n) is 5.86. The molecule has 1 aliphatic rings. The van der Waals surface area contributed by atoms with Crippen molar-refractivity contribution >= 4 is 5.97 Å². The van der Waals surface area contributed by atoms with Crippen LogP contribution < -0.4 is 0 Å². The van der Waals surface area contributed by atoms with Crippen LogP contribution in [0.15, 0.2) is 43.0 Å². The Morgan fingerprint density at radius 1 is 1.43 bits per heavy atom. The van der Waals surface area contributed by atoms with Gasteiger partial charge in [0, 0.05) is 13.3 Å². The van der Waals surface area contributed by atoms with E-state index in [9.17, 15) is 4.79 Å². The van der Waals surface area contributed by atoms with Gasteiger partial charge in [-0.2, -0.15) is 0 Å². The summed E-state index contributed by atoms with van der Waals surface area (Å²) in [6.45, 7) is 7.83. The summed E-state index contributed by atoms with van der Waals surface area (Å²) in [6, 6.07) is 10.1. The summed E-state index contributed by atoms with van der Waals surface area (Å²) >= 11 is 0. The molecule has 1 heterocycles. The highest BCUT2D eigenvalue weighted by Crippen LogP contribution is 2.30. The van der Waals surface area contributed by atoms with E-state index >= 15 is 0 Å². The summed E-state index contributed by atoms with van der Waals surface area (Å²) in [6.07, 6.45) is 3.58. The molecule has 0 N–H and O–H groups in total. The van der Waals surface area contributed by atoms with Crippen molar-refractivity contribution in [3.63, 3.8) is 0 Å². The average molecular weight is 318 g/mol. The summed E-state index contributed by atoms with van der Waals surface area (Å²) in [5, 5.41) is 0. The summed E-state index contributed by atoms with van der Waals surface area (Å²) < 4.78 is 17.5. The molecular formula is C19H26O4. The topological polar surface area (TPSA) is 44.8 Å². The molecule has 23 heavy (non-hydrogen) atoms. The fraction of sp³-hybridized carbons (Fsp3) is 0.526. The standard InChI is InChI=1S/C19H26O4/c1-4-9-17-19(22-14(3)20)12-18(23-17)16(5-2)21-13-15-10-7-6-8-11-15/h4,6-8,10-11,16-19H,1,5,9,12-13H2,2-3H3/t16-,17+,18-,19-/m1/s1. The minimum absolute atomic E-state index is 0.0110. The van der Waals surface area contributed by atoms with Crippen LogP contribution >= 0.6 is 0 Å². The lowest BCUT2D eigenvalue weighted by Gasteiger charge is -2.22. The van der Waals surface area contributed by atoms with Crippen LogP contribution in [0.5, 0.6) is 0 Å². The quantitative estimate of drug-likeness (QED) is 0.542. The molecule has 0 saturated carbocycles. The SMILES string of the molecule is C=CC[C@@H]1O[C@@H]([C@@H](CC)OCc2ccccc2)C[C@H]1OC(C)=O. The third kappa shape index (κ3) is 5.19. The van der Waals surface area contributed by atoms with E-state index in [1.165, 1.54) is 6.92 Å². The predicted molar refractivity (Wildman–Crippen MR) is 89.0 cm³/mol. The molecule has 1 aliphatic heterocycles. The zero-order valence-electron chi connectivity index (χ0n) is 13.9. The highest BCUT2D eigenvalue weighted by molar-refractivity contribution is 5.66. The van der Waals surface area contributed by atoms with Gasteiger partial charge in [0.05, 0.1) is 24.9 Å². The second kappa shape index (κ2) is 8.85. The summed E-state index contributed by atoms with van der Waals surface area (Å²) in [4.78, 5) is 11.3. The molecule has 0 amide bonds. The van der Waals surface area contributed by atoms with Crippen LogP contribution in [-0.2, 0) is 25.6 Å². The lowest BCUT2D eigenvalue weighted by molar-refractivity contribution is -0.149. The van der Waals surface area contributed by atoms with Crippen molar-refractivity contribution in [3.8, 4) is 0 Å². The smallest absolute Gasteiger partial charge is 0.302 e. The van der Waals surface area contributed by atoms with Gasteiger partial charge in [-0.1, -0.05) is 43.3 Å². The molecule has 126 valence electrons. The van der Waals surface area contributed by atoms with Crippen molar-refractivity contribution in [2.75, 3.05) is 0 Å². The maximum atomic E-state index is 11.3. The lowest BCUT2D eigenvalue weighted by atomic mass is 10.0. The molecule has 0 aromatic heterocycles. The van der Waals surface area contributed by atoms with Gasteiger partial charge in [0.1, 0.15) is 6.10 Å². The van der Waals surface area contributed by atoms with E-state index in [1.807, 2.05) is 30.3 Å². The molecule has 1 saturated heterocycles. The molecule has 2 rings (SSSR count). The minimum atomic E-state index is -0.272. The van der Waals surface area contributed by atoms with E-state index in [-0.39, 0.29) is 30.4 Å². The highest BCUT2D eigenvalue weighted by atomic mass is 16.6. The lowest BCUT2D eigenvalue weighted by Crippen LogP contribution is -2.28. The number of esters is 1. The Bertz CT molecular complexity index is 499. The van der Waals surface area contributed by atoms with Gasteiger partial charge in [-0.25, -0.2) is 0 Å². The molecule has 4 atom stereocenters. The van der Waals surface area contributed by atoms with Crippen LogP contribution in [-0.4, -0.2) is 30.4 Å². The number of hydrogen-bond donors (Lipinski definition) is 0. The zero-order chi connectivity index (χ0) is 16.7. The van der Waals surface area contributed by atoms with Gasteiger partial charge < -0.3 is 14.2 Å². The van der Waals surface area contributed by atoms with Gasteiger partial charge in [-0.05, 0) is 18.4 Å². The van der Waals surface area contributed by atoms with Crippen molar-refractivity contribution in [1.82, 2.24) is 0 Å². The molecule has 0 spiro atoms. The van der Waals surface area contributed by atoms with E-state index in [0.29, 0.717) is 19.4 Å². The number of benzene rings is 1. The van der Waals surface area contributed by atoms with Crippen LogP contribution in [0.25, 0.3) is 0 Å². The highest BCUT2D eigenvalue weighted by Gasteiger charge is 2.40. The Morgan fingerprint density at radius 2 is 2.17 bits per heavy atom. The van der Waals surface area contributed by atoms with Gasteiger partial charge in [0.2, 0.25) is 0 Å². The van der Waals surface area contributed by atoms with E-state index in [0.717, 1.165) is 12.0 Å². The van der Waals surface area contributed by atoms with Crippen LogP contribution in [0.4, 0.5) is 0 Å². The van der Waals surface area contributed by atoms with Gasteiger partial charge in [-0.3, -0.25) is 4.79 Å². The van der Waals surface area contributed by atoms with E-state index in [1.54, 1.807) is 6.08 Å². The Kier molecular flexibility index (Phi) is 6.81. The largest absolute Gasteiger partial charge is 0.460 e. The Hall–Kier alpha value is -1.65. The maximum absolute atomic E-state index is 11.3. The first kappa shape index (κ1) is 17.7. The third-order valence-corrected chi connectivity index (χ3v) is 4.07. The van der Waals surface area contributed by atoms with Crippen molar-refractivity contribution < 1.29 is 19.0 Å². The van der Waals surface area contributed by atoms with Crippen LogP contribution in [0.3, 0.4) is 0 Å². The monoisotopic (exact) mass is 318 g/mol. The van der Waals surface area contributed by atoms with Crippen LogP contribution in [0, 0.1) is 0 Å². The van der Waals surface area contributed by atoms with Crippen molar-refractivity contribution in [3.05, 3.63) is 48.6 Å². The Morgan fingerprint density at radius 3 is 2.78 bits per heavy atom. The summed E-state index contributed by atoms with van der Waals surface area (Å²) in [5.41, 5.74) is 1.14. The fourth-order valence-electron chi connectivity index (χ4n) is 2.96. The van der Waals surface area contributed by atoms with Crippen molar-refractivity contribution in [1.29, 1.82) is 0 Å². The van der Waals surface area contributed by atoms with E-state index < -0.39 is 0 Å². The summed E-state index contributed by atoms with van der Waals surface area (Å²) in [5.74, 6) is -0.272. The Balaban J connectivity index is 1.94. The van der Waals surface area contributed by atoms with Crippen LogP contribution in [0.1, 0.15) is 38.7 Å². The predicted octanol–water partition coefficient (Wildman–Crippen LogP) is 3.65. The fourth-order valence-corrected chi connectivity index (χ4v) is 2.96. The molecular weight excluding hydrogens is 292 g/mol. The first-order valence-electron chi connectivity index (χ1n) is 8.23. The number of hydrogen-bond acceptors (Lipinski definition) is 4. The van der Waals surface area contributed by atoms with Crippen molar-refractivity contribution in [2.45, 2.75) is 64.1 Å². The normalized spacial score (nSPS) is 25.0. The first-order valence-corrected chi connectivity index (χ1v) is 8.23. The van der Waals surface area contributed by atoms with Crippen LogP contribution in [0.2, 0.25) is 0 Å². The second-order valence-corrected chi connectivity index (χ2v) is 5.86. The Labute approximate surface area is 138 Å². The van der Waals surface area contributed by atoms with E-state index in [4.69, 9.17) is 14.2 Å². The molecule has 0 aliphatic carbocycles. The molecule has 1 aromatic rings. The van der Waals surface area contributed by atoms with Gasteiger partial charge in [0.25, 0.3) is 0 Å². The molecule has 1 fully saturated rings. The van der Waals surface area contributed by atoms with Crippen molar-refractivity contribution in [2.24, 2.45) is 0 Å². The number of carbonyl (C=O) groups excluding carboxylic acids is 1. The molecule has 4 nitrogen and oxygen atoms in total. The van der Waals surface area contributed by atoms with Gasteiger partial charge >= 0.3 is 5.97 Å². The minimum Gasteiger partial charge on any atom is -0.460 e.